The van der Waals surface area contributed by atoms with Crippen LogP contribution in [0.25, 0.3) is 0 Å². The predicted molar refractivity (Wildman–Crippen MR) is 53.4 cm³/mol. The number of hydrogen-bond donors (Lipinski definition) is 1. The van der Waals surface area contributed by atoms with Crippen molar-refractivity contribution in [3.8, 4) is 0 Å². The van der Waals surface area contributed by atoms with E-state index in [-0.39, 0.29) is 12.2 Å². The Kier molecular flexibility index (Phi) is 3.00. The molecule has 0 saturated carbocycles. The Morgan fingerprint density at radius 1 is 1.62 bits per heavy atom. The molecule has 5 heteroatoms. The molecular weight excluding hydrogens is 236 g/mol. The van der Waals surface area contributed by atoms with Gasteiger partial charge in [0.2, 0.25) is 0 Å². The number of benzene rings is 1. The molecule has 13 heavy (non-hydrogen) atoms. The van der Waals surface area contributed by atoms with Gasteiger partial charge in [-0.3, -0.25) is 10.1 Å². The van der Waals surface area contributed by atoms with Crippen molar-refractivity contribution in [1.82, 2.24) is 0 Å². The number of rotatable bonds is 2. The van der Waals surface area contributed by atoms with Gasteiger partial charge in [0.15, 0.2) is 0 Å². The van der Waals surface area contributed by atoms with Gasteiger partial charge >= 0.3 is 0 Å². The lowest BCUT2D eigenvalue weighted by Gasteiger charge is -2.04. The fourth-order valence-corrected chi connectivity index (χ4v) is 1.59. The van der Waals surface area contributed by atoms with E-state index in [1.54, 1.807) is 6.07 Å². The summed E-state index contributed by atoms with van der Waals surface area (Å²) in [5, 5.41) is 10.6. The minimum absolute atomic E-state index is 0.0694. The number of nitro groups is 1. The van der Waals surface area contributed by atoms with Crippen molar-refractivity contribution in [2.24, 2.45) is 5.73 Å². The maximum atomic E-state index is 10.6. The van der Waals surface area contributed by atoms with Crippen LogP contribution in [0.4, 0.5) is 5.69 Å². The molecule has 0 aromatic heterocycles. The number of halogens is 1. The van der Waals surface area contributed by atoms with Crippen LogP contribution in [0.3, 0.4) is 0 Å². The molecule has 0 aliphatic rings. The predicted octanol–water partition coefficient (Wildman–Crippen LogP) is 2.12. The third-order valence-corrected chi connectivity index (χ3v) is 2.92. The van der Waals surface area contributed by atoms with Crippen LogP contribution < -0.4 is 5.73 Å². The highest BCUT2D eigenvalue weighted by atomic mass is 79.9. The zero-order chi connectivity index (χ0) is 10.0. The molecule has 2 N–H and O–H groups in total. The van der Waals surface area contributed by atoms with Gasteiger partial charge in [-0.1, -0.05) is 6.07 Å². The van der Waals surface area contributed by atoms with Gasteiger partial charge in [0.25, 0.3) is 5.69 Å². The van der Waals surface area contributed by atoms with Crippen LogP contribution in [0.15, 0.2) is 16.6 Å². The van der Waals surface area contributed by atoms with Gasteiger partial charge in [0.1, 0.15) is 0 Å². The van der Waals surface area contributed by atoms with Crippen molar-refractivity contribution in [2.75, 3.05) is 0 Å². The zero-order valence-electron chi connectivity index (χ0n) is 7.08. The molecule has 4 nitrogen and oxygen atoms in total. The molecule has 0 heterocycles. The minimum atomic E-state index is -0.424. The molecule has 0 spiro atoms. The summed E-state index contributed by atoms with van der Waals surface area (Å²) in [6, 6.07) is 3.17. The van der Waals surface area contributed by atoms with Crippen molar-refractivity contribution < 1.29 is 4.92 Å². The zero-order valence-corrected chi connectivity index (χ0v) is 8.67. The normalized spacial score (nSPS) is 10.1. The fraction of sp³-hybridized carbons (Fsp3) is 0.250. The average molecular weight is 245 g/mol. The number of nitro benzene ring substituents is 1. The van der Waals surface area contributed by atoms with Gasteiger partial charge < -0.3 is 5.73 Å². The summed E-state index contributed by atoms with van der Waals surface area (Å²) in [6.07, 6.45) is 0. The molecular formula is C8H9BrN2O2. The lowest BCUT2D eigenvalue weighted by Crippen LogP contribution is -2.03. The second kappa shape index (κ2) is 3.85. The summed E-state index contributed by atoms with van der Waals surface area (Å²) in [5.41, 5.74) is 6.99. The third-order valence-electron chi connectivity index (χ3n) is 1.81. The van der Waals surface area contributed by atoms with Gasteiger partial charge in [-0.25, -0.2) is 0 Å². The van der Waals surface area contributed by atoms with Crippen LogP contribution in [-0.4, -0.2) is 4.92 Å². The van der Waals surface area contributed by atoms with Gasteiger partial charge in [0, 0.05) is 17.1 Å². The van der Waals surface area contributed by atoms with Crippen molar-refractivity contribution in [3.63, 3.8) is 0 Å². The summed E-state index contributed by atoms with van der Waals surface area (Å²) in [7, 11) is 0. The molecule has 0 aliphatic carbocycles. The van der Waals surface area contributed by atoms with Crippen LogP contribution in [0.1, 0.15) is 11.1 Å². The maximum absolute atomic E-state index is 10.6. The molecule has 1 aromatic carbocycles. The van der Waals surface area contributed by atoms with Gasteiger partial charge in [-0.15, -0.1) is 0 Å². The van der Waals surface area contributed by atoms with Gasteiger partial charge in [0.05, 0.1) is 10.5 Å². The van der Waals surface area contributed by atoms with Crippen molar-refractivity contribution >= 4 is 21.6 Å². The lowest BCUT2D eigenvalue weighted by molar-refractivity contribution is -0.385. The van der Waals surface area contributed by atoms with Crippen LogP contribution in [0.5, 0.6) is 0 Å². The number of aryl methyl sites for hydroxylation is 1. The summed E-state index contributed by atoms with van der Waals surface area (Å²) in [5.74, 6) is 0. The first-order chi connectivity index (χ1) is 6.07. The van der Waals surface area contributed by atoms with Gasteiger partial charge in [-0.05, 0) is 28.4 Å². The van der Waals surface area contributed by atoms with Crippen molar-refractivity contribution in [3.05, 3.63) is 37.8 Å². The molecule has 70 valence electrons. The quantitative estimate of drug-likeness (QED) is 0.640. The third kappa shape index (κ3) is 1.87. The standard InChI is InChI=1S/C8H9BrN2O2/c1-5-2-3-7(11(12)13)6(4-10)8(5)9/h2-3H,4,10H2,1H3. The monoisotopic (exact) mass is 244 g/mol. The van der Waals surface area contributed by atoms with E-state index >= 15 is 0 Å². The first kappa shape index (κ1) is 10.1. The number of hydrogen-bond acceptors (Lipinski definition) is 3. The SMILES string of the molecule is Cc1ccc([N+](=O)[O-])c(CN)c1Br. The number of nitrogens with zero attached hydrogens (tertiary/aromatic N) is 1. The Labute approximate surface area is 84.0 Å². The first-order valence-electron chi connectivity index (χ1n) is 3.70. The van der Waals surface area contributed by atoms with Crippen molar-refractivity contribution in [2.45, 2.75) is 13.5 Å². The Balaban J connectivity index is 3.38. The van der Waals surface area contributed by atoms with E-state index in [2.05, 4.69) is 15.9 Å². The van der Waals surface area contributed by atoms with E-state index in [0.717, 1.165) is 10.0 Å². The van der Waals surface area contributed by atoms with E-state index in [1.807, 2.05) is 6.92 Å². The molecule has 0 aliphatic heterocycles. The van der Waals surface area contributed by atoms with Crippen LogP contribution in [0.2, 0.25) is 0 Å². The highest BCUT2D eigenvalue weighted by Gasteiger charge is 2.16. The largest absolute Gasteiger partial charge is 0.326 e. The van der Waals surface area contributed by atoms with Crippen LogP contribution in [0, 0.1) is 17.0 Å². The topological polar surface area (TPSA) is 69.2 Å². The van der Waals surface area contributed by atoms with E-state index in [0.29, 0.717) is 5.56 Å². The van der Waals surface area contributed by atoms with E-state index < -0.39 is 4.92 Å². The van der Waals surface area contributed by atoms with Gasteiger partial charge in [-0.2, -0.15) is 0 Å². The summed E-state index contributed by atoms with van der Waals surface area (Å²) < 4.78 is 0.726. The van der Waals surface area contributed by atoms with E-state index in [9.17, 15) is 10.1 Å². The minimum Gasteiger partial charge on any atom is -0.326 e. The van der Waals surface area contributed by atoms with E-state index in [4.69, 9.17) is 5.73 Å². The average Bonchev–Trinajstić information content (AvgIpc) is 2.09. The molecule has 1 aromatic rings. The Bertz CT molecular complexity index is 352. The summed E-state index contributed by atoms with van der Waals surface area (Å²) in [6.45, 7) is 2.03. The molecule has 0 atom stereocenters. The van der Waals surface area contributed by atoms with Crippen molar-refractivity contribution in [1.29, 1.82) is 0 Å². The Hall–Kier alpha value is -0.940. The molecule has 0 radical (unpaired) electrons. The molecule has 0 unspecified atom stereocenters. The Morgan fingerprint density at radius 3 is 2.69 bits per heavy atom. The molecule has 0 bridgehead atoms. The second-order valence-corrected chi connectivity index (χ2v) is 3.45. The summed E-state index contributed by atoms with van der Waals surface area (Å²) in [4.78, 5) is 10.1. The second-order valence-electron chi connectivity index (χ2n) is 2.66. The molecule has 0 fully saturated rings. The first-order valence-corrected chi connectivity index (χ1v) is 4.49. The highest BCUT2D eigenvalue weighted by Crippen LogP contribution is 2.29. The summed E-state index contributed by atoms with van der Waals surface area (Å²) >= 11 is 3.28. The molecule has 0 saturated heterocycles. The highest BCUT2D eigenvalue weighted by molar-refractivity contribution is 9.10. The maximum Gasteiger partial charge on any atom is 0.275 e. The molecule has 0 amide bonds. The number of nitrogens with two attached hydrogens (primary N) is 1. The van der Waals surface area contributed by atoms with E-state index in [1.165, 1.54) is 6.07 Å². The van der Waals surface area contributed by atoms with Crippen LogP contribution >= 0.6 is 15.9 Å². The van der Waals surface area contributed by atoms with Crippen LogP contribution in [-0.2, 0) is 6.54 Å². The smallest absolute Gasteiger partial charge is 0.275 e. The Morgan fingerprint density at radius 2 is 2.23 bits per heavy atom. The molecule has 1 rings (SSSR count). The lowest BCUT2D eigenvalue weighted by atomic mass is 10.1. The fourth-order valence-electron chi connectivity index (χ4n) is 1.09.